The van der Waals surface area contributed by atoms with E-state index in [9.17, 15) is 0 Å². The molecule has 0 amide bonds. The van der Waals surface area contributed by atoms with E-state index in [4.69, 9.17) is 11.6 Å². The molecular weight excluding hydrogens is 258 g/mol. The quantitative estimate of drug-likeness (QED) is 0.710. The third-order valence-corrected chi connectivity index (χ3v) is 3.59. The van der Waals surface area contributed by atoms with E-state index in [2.05, 4.69) is 41.0 Å². The highest BCUT2D eigenvalue weighted by Gasteiger charge is 2.07. The first-order chi connectivity index (χ1) is 9.17. The molecule has 0 fully saturated rings. The van der Waals surface area contributed by atoms with Gasteiger partial charge in [0.1, 0.15) is 0 Å². The summed E-state index contributed by atoms with van der Waals surface area (Å²) in [5.74, 6) is 0. The Kier molecular flexibility index (Phi) is 3.07. The van der Waals surface area contributed by atoms with Crippen molar-refractivity contribution < 1.29 is 0 Å². The zero-order valence-corrected chi connectivity index (χ0v) is 11.9. The van der Waals surface area contributed by atoms with E-state index in [0.717, 1.165) is 29.3 Å². The molecule has 0 bridgehead atoms. The zero-order chi connectivity index (χ0) is 13.4. The maximum atomic E-state index is 6.08. The molecule has 1 aromatic carbocycles. The monoisotopic (exact) mass is 273 g/mol. The molecule has 0 saturated heterocycles. The van der Waals surface area contributed by atoms with Gasteiger partial charge in [-0.3, -0.25) is 4.68 Å². The predicted molar refractivity (Wildman–Crippen MR) is 78.7 cm³/mol. The van der Waals surface area contributed by atoms with Gasteiger partial charge in [0.15, 0.2) is 0 Å². The van der Waals surface area contributed by atoms with Crippen LogP contribution in [0.25, 0.3) is 10.9 Å². The van der Waals surface area contributed by atoms with Crippen molar-refractivity contribution in [3.63, 3.8) is 0 Å². The molecule has 19 heavy (non-hydrogen) atoms. The minimum absolute atomic E-state index is 0.771. The summed E-state index contributed by atoms with van der Waals surface area (Å²) in [5, 5.41) is 6.47. The van der Waals surface area contributed by atoms with Crippen LogP contribution in [0.3, 0.4) is 0 Å². The lowest BCUT2D eigenvalue weighted by Gasteiger charge is -2.07. The number of rotatable bonds is 3. The maximum Gasteiger partial charge on any atom is 0.0645 e. The third-order valence-electron chi connectivity index (χ3n) is 3.35. The topological polar surface area (TPSA) is 22.8 Å². The Morgan fingerprint density at radius 3 is 2.84 bits per heavy atom. The average molecular weight is 274 g/mol. The fraction of sp³-hybridized carbons (Fsp3) is 0.267. The molecule has 0 unspecified atom stereocenters. The molecule has 3 rings (SSSR count). The summed E-state index contributed by atoms with van der Waals surface area (Å²) in [6.07, 6.45) is 2.10. The van der Waals surface area contributed by atoms with E-state index >= 15 is 0 Å². The number of aryl methyl sites for hydroxylation is 2. The summed E-state index contributed by atoms with van der Waals surface area (Å²) in [5.41, 5.74) is 3.44. The van der Waals surface area contributed by atoms with Gasteiger partial charge in [-0.1, -0.05) is 17.7 Å². The Hall–Kier alpha value is -1.74. The van der Waals surface area contributed by atoms with E-state index in [1.807, 2.05) is 23.7 Å². The summed E-state index contributed by atoms with van der Waals surface area (Å²) in [4.78, 5) is 0. The Morgan fingerprint density at radius 2 is 2.05 bits per heavy atom. The normalized spacial score (nSPS) is 11.3. The van der Waals surface area contributed by atoms with E-state index < -0.39 is 0 Å². The van der Waals surface area contributed by atoms with Crippen molar-refractivity contribution >= 4 is 22.5 Å². The van der Waals surface area contributed by atoms with Crippen molar-refractivity contribution in [1.82, 2.24) is 14.3 Å². The Labute approximate surface area is 117 Å². The first-order valence-corrected chi connectivity index (χ1v) is 6.83. The number of hydrogen-bond acceptors (Lipinski definition) is 1. The van der Waals surface area contributed by atoms with Crippen LogP contribution < -0.4 is 0 Å². The van der Waals surface area contributed by atoms with Crippen LogP contribution in [0.2, 0.25) is 5.02 Å². The van der Waals surface area contributed by atoms with Crippen molar-refractivity contribution in [1.29, 1.82) is 0 Å². The number of nitrogens with zero attached hydrogens (tertiary/aromatic N) is 3. The van der Waals surface area contributed by atoms with Gasteiger partial charge in [-0.05, 0) is 43.5 Å². The van der Waals surface area contributed by atoms with Gasteiger partial charge in [-0.2, -0.15) is 5.10 Å². The number of benzene rings is 1. The van der Waals surface area contributed by atoms with Gasteiger partial charge in [-0.25, -0.2) is 0 Å². The lowest BCUT2D eigenvalue weighted by molar-refractivity contribution is 0.602. The third kappa shape index (κ3) is 2.26. The second kappa shape index (κ2) is 4.74. The molecule has 0 saturated carbocycles. The van der Waals surface area contributed by atoms with Crippen LogP contribution in [0, 0.1) is 6.92 Å². The summed E-state index contributed by atoms with van der Waals surface area (Å²) >= 11 is 6.08. The van der Waals surface area contributed by atoms with Crippen LogP contribution in [0.5, 0.6) is 0 Å². The summed E-state index contributed by atoms with van der Waals surface area (Å²) < 4.78 is 4.26. The lowest BCUT2D eigenvalue weighted by Crippen LogP contribution is -2.07. The van der Waals surface area contributed by atoms with Gasteiger partial charge < -0.3 is 4.57 Å². The van der Waals surface area contributed by atoms with E-state index in [-0.39, 0.29) is 0 Å². The Bertz CT molecular complexity index is 724. The first kappa shape index (κ1) is 12.3. The van der Waals surface area contributed by atoms with Gasteiger partial charge in [0, 0.05) is 23.3 Å². The highest BCUT2D eigenvalue weighted by Crippen LogP contribution is 2.21. The standard InChI is InChI=1S/C15H16ClN3/c1-3-19-14(8-11(2)17-19)10-18-7-6-12-4-5-13(16)9-15(12)18/h4-9H,3,10H2,1-2H3. The summed E-state index contributed by atoms with van der Waals surface area (Å²) in [6, 6.07) is 10.2. The fourth-order valence-corrected chi connectivity index (χ4v) is 2.64. The van der Waals surface area contributed by atoms with E-state index in [1.165, 1.54) is 11.1 Å². The molecule has 0 aliphatic carbocycles. The number of aromatic nitrogens is 3. The first-order valence-electron chi connectivity index (χ1n) is 6.45. The van der Waals surface area contributed by atoms with Crippen molar-refractivity contribution in [3.05, 3.63) is 52.9 Å². The van der Waals surface area contributed by atoms with Crippen LogP contribution in [0.4, 0.5) is 0 Å². The Morgan fingerprint density at radius 1 is 1.21 bits per heavy atom. The highest BCUT2D eigenvalue weighted by molar-refractivity contribution is 6.31. The number of halogens is 1. The summed E-state index contributed by atoms with van der Waals surface area (Å²) in [6.45, 7) is 5.85. The minimum atomic E-state index is 0.771. The molecule has 3 nitrogen and oxygen atoms in total. The van der Waals surface area contributed by atoms with Crippen LogP contribution in [0.15, 0.2) is 36.5 Å². The molecule has 4 heteroatoms. The van der Waals surface area contributed by atoms with E-state index in [1.54, 1.807) is 0 Å². The van der Waals surface area contributed by atoms with Crippen LogP contribution in [-0.2, 0) is 13.1 Å². The van der Waals surface area contributed by atoms with Gasteiger partial charge in [0.05, 0.1) is 17.9 Å². The average Bonchev–Trinajstić information content (AvgIpc) is 2.94. The van der Waals surface area contributed by atoms with Crippen molar-refractivity contribution in [2.75, 3.05) is 0 Å². The van der Waals surface area contributed by atoms with Crippen molar-refractivity contribution in [2.45, 2.75) is 26.9 Å². The minimum Gasteiger partial charge on any atom is -0.341 e. The second-order valence-corrected chi connectivity index (χ2v) is 5.18. The number of fused-ring (bicyclic) bond motifs is 1. The van der Waals surface area contributed by atoms with Crippen LogP contribution in [0.1, 0.15) is 18.3 Å². The Balaban J connectivity index is 2.03. The molecule has 0 radical (unpaired) electrons. The van der Waals surface area contributed by atoms with Gasteiger partial charge in [0.2, 0.25) is 0 Å². The molecule has 2 aromatic heterocycles. The van der Waals surface area contributed by atoms with Gasteiger partial charge >= 0.3 is 0 Å². The fourth-order valence-electron chi connectivity index (χ4n) is 2.47. The number of hydrogen-bond donors (Lipinski definition) is 0. The summed E-state index contributed by atoms with van der Waals surface area (Å²) in [7, 11) is 0. The molecule has 98 valence electrons. The zero-order valence-electron chi connectivity index (χ0n) is 11.1. The van der Waals surface area contributed by atoms with Crippen LogP contribution in [-0.4, -0.2) is 14.3 Å². The predicted octanol–water partition coefficient (Wildman–Crippen LogP) is 3.87. The molecule has 2 heterocycles. The van der Waals surface area contributed by atoms with E-state index in [0.29, 0.717) is 0 Å². The molecule has 0 aliphatic heterocycles. The molecular formula is C15H16ClN3. The van der Waals surface area contributed by atoms with Crippen molar-refractivity contribution in [3.8, 4) is 0 Å². The molecule has 0 atom stereocenters. The second-order valence-electron chi connectivity index (χ2n) is 4.74. The largest absolute Gasteiger partial charge is 0.341 e. The molecule has 0 N–H and O–H groups in total. The van der Waals surface area contributed by atoms with Gasteiger partial charge in [-0.15, -0.1) is 0 Å². The SMILES string of the molecule is CCn1nc(C)cc1Cn1ccc2ccc(Cl)cc21. The van der Waals surface area contributed by atoms with Crippen molar-refractivity contribution in [2.24, 2.45) is 0 Å². The molecule has 0 aliphatic rings. The molecule has 0 spiro atoms. The highest BCUT2D eigenvalue weighted by atomic mass is 35.5. The smallest absolute Gasteiger partial charge is 0.0645 e. The maximum absolute atomic E-state index is 6.08. The lowest BCUT2D eigenvalue weighted by atomic mass is 10.2. The van der Waals surface area contributed by atoms with Gasteiger partial charge in [0.25, 0.3) is 0 Å². The molecule has 3 aromatic rings. The van der Waals surface area contributed by atoms with Crippen LogP contribution >= 0.6 is 11.6 Å².